The van der Waals surface area contributed by atoms with Crippen molar-refractivity contribution in [2.45, 2.75) is 31.6 Å². The topological polar surface area (TPSA) is 55.1 Å². The first-order valence-corrected chi connectivity index (χ1v) is 6.71. The van der Waals surface area contributed by atoms with Crippen molar-refractivity contribution in [1.29, 1.82) is 0 Å². The first kappa shape index (κ1) is 11.7. The third-order valence-electron chi connectivity index (χ3n) is 3.43. The summed E-state index contributed by atoms with van der Waals surface area (Å²) in [5.74, 6) is 2.24. The van der Waals surface area contributed by atoms with E-state index in [0.717, 1.165) is 30.9 Å². The fourth-order valence-electron chi connectivity index (χ4n) is 2.50. The SMILES string of the molecule is Cc1cc(NCC2CCC(Cl)C2)n2ncnc2n1. The quantitative estimate of drug-likeness (QED) is 0.865. The minimum absolute atomic E-state index is 0.349. The maximum Gasteiger partial charge on any atom is 0.254 e. The van der Waals surface area contributed by atoms with Crippen LogP contribution >= 0.6 is 11.6 Å². The molecule has 2 unspecified atom stereocenters. The maximum absolute atomic E-state index is 6.13. The number of aromatic nitrogens is 4. The van der Waals surface area contributed by atoms with Gasteiger partial charge in [0.1, 0.15) is 12.1 Å². The van der Waals surface area contributed by atoms with Gasteiger partial charge >= 0.3 is 0 Å². The summed E-state index contributed by atoms with van der Waals surface area (Å²) >= 11 is 6.13. The molecule has 0 aliphatic heterocycles. The van der Waals surface area contributed by atoms with Crippen molar-refractivity contribution in [2.24, 2.45) is 5.92 Å². The van der Waals surface area contributed by atoms with Crippen molar-refractivity contribution in [3.63, 3.8) is 0 Å². The molecule has 1 aliphatic carbocycles. The molecule has 1 aliphatic rings. The van der Waals surface area contributed by atoms with E-state index in [1.54, 1.807) is 4.52 Å². The number of anilines is 1. The van der Waals surface area contributed by atoms with Gasteiger partial charge in [-0.2, -0.15) is 14.6 Å². The molecule has 18 heavy (non-hydrogen) atoms. The van der Waals surface area contributed by atoms with Gasteiger partial charge < -0.3 is 5.32 Å². The van der Waals surface area contributed by atoms with Crippen LogP contribution in [0.25, 0.3) is 5.78 Å². The molecule has 0 radical (unpaired) electrons. The number of fused-ring (bicyclic) bond motifs is 1. The average molecular weight is 266 g/mol. The molecular formula is C12H16ClN5. The van der Waals surface area contributed by atoms with Crippen molar-refractivity contribution in [1.82, 2.24) is 19.6 Å². The van der Waals surface area contributed by atoms with Crippen LogP contribution in [-0.2, 0) is 0 Å². The summed E-state index contributed by atoms with van der Waals surface area (Å²) in [4.78, 5) is 8.43. The number of nitrogens with zero attached hydrogens (tertiary/aromatic N) is 4. The van der Waals surface area contributed by atoms with Crippen LogP contribution in [0.4, 0.5) is 5.82 Å². The lowest BCUT2D eigenvalue weighted by molar-refractivity contribution is 0.578. The first-order valence-electron chi connectivity index (χ1n) is 6.27. The number of rotatable bonds is 3. The molecular weight excluding hydrogens is 250 g/mol. The Hall–Kier alpha value is -1.36. The monoisotopic (exact) mass is 265 g/mol. The molecule has 2 aromatic heterocycles. The summed E-state index contributed by atoms with van der Waals surface area (Å²) in [6.07, 6.45) is 4.95. The van der Waals surface area contributed by atoms with E-state index in [4.69, 9.17) is 11.6 Å². The van der Waals surface area contributed by atoms with Gasteiger partial charge in [0.25, 0.3) is 5.78 Å². The van der Waals surface area contributed by atoms with E-state index in [2.05, 4.69) is 20.4 Å². The first-order chi connectivity index (χ1) is 8.72. The third kappa shape index (κ3) is 2.27. The van der Waals surface area contributed by atoms with Crippen LogP contribution in [0.2, 0.25) is 0 Å². The predicted molar refractivity (Wildman–Crippen MR) is 71.0 cm³/mol. The van der Waals surface area contributed by atoms with E-state index in [1.165, 1.54) is 12.7 Å². The van der Waals surface area contributed by atoms with Crippen LogP contribution in [0.15, 0.2) is 12.4 Å². The van der Waals surface area contributed by atoms with Crippen LogP contribution < -0.4 is 5.32 Å². The molecule has 0 bridgehead atoms. The van der Waals surface area contributed by atoms with Gasteiger partial charge in [-0.25, -0.2) is 4.98 Å². The van der Waals surface area contributed by atoms with Crippen molar-refractivity contribution in [3.05, 3.63) is 18.1 Å². The Kier molecular flexibility index (Phi) is 3.07. The second-order valence-electron chi connectivity index (χ2n) is 4.91. The number of alkyl halides is 1. The normalized spacial score (nSPS) is 23.7. The standard InChI is InChI=1S/C12H16ClN5/c1-8-4-11(18-12(17-8)15-7-16-18)14-6-9-2-3-10(13)5-9/h4,7,9-10,14H,2-3,5-6H2,1H3. The lowest BCUT2D eigenvalue weighted by Gasteiger charge is -2.13. The van der Waals surface area contributed by atoms with Crippen molar-refractivity contribution < 1.29 is 0 Å². The van der Waals surface area contributed by atoms with E-state index in [-0.39, 0.29) is 0 Å². The molecule has 6 heteroatoms. The highest BCUT2D eigenvalue weighted by Crippen LogP contribution is 2.29. The Morgan fingerprint density at radius 3 is 3.17 bits per heavy atom. The smallest absolute Gasteiger partial charge is 0.254 e. The number of halogens is 1. The Morgan fingerprint density at radius 1 is 1.50 bits per heavy atom. The zero-order chi connectivity index (χ0) is 12.5. The molecule has 1 N–H and O–H groups in total. The van der Waals surface area contributed by atoms with Crippen LogP contribution in [0.5, 0.6) is 0 Å². The number of aryl methyl sites for hydroxylation is 1. The summed E-state index contributed by atoms with van der Waals surface area (Å²) in [6, 6.07) is 1.99. The minimum Gasteiger partial charge on any atom is -0.370 e. The molecule has 2 atom stereocenters. The largest absolute Gasteiger partial charge is 0.370 e. The molecule has 0 saturated heterocycles. The van der Waals surface area contributed by atoms with E-state index >= 15 is 0 Å². The molecule has 5 nitrogen and oxygen atoms in total. The van der Waals surface area contributed by atoms with Gasteiger partial charge in [-0.1, -0.05) is 0 Å². The summed E-state index contributed by atoms with van der Waals surface area (Å²) in [5, 5.41) is 7.96. The molecule has 3 rings (SSSR count). The van der Waals surface area contributed by atoms with E-state index in [9.17, 15) is 0 Å². The highest BCUT2D eigenvalue weighted by Gasteiger charge is 2.22. The van der Waals surface area contributed by atoms with Gasteiger partial charge in [-0.3, -0.25) is 0 Å². The summed E-state index contributed by atoms with van der Waals surface area (Å²) in [7, 11) is 0. The Balaban J connectivity index is 1.75. The second kappa shape index (κ2) is 4.72. The molecule has 0 spiro atoms. The van der Waals surface area contributed by atoms with Crippen LogP contribution in [-0.4, -0.2) is 31.5 Å². The summed E-state index contributed by atoms with van der Waals surface area (Å²) in [5.41, 5.74) is 0.944. The zero-order valence-electron chi connectivity index (χ0n) is 10.3. The third-order valence-corrected chi connectivity index (χ3v) is 3.83. The van der Waals surface area contributed by atoms with E-state index in [0.29, 0.717) is 17.1 Å². The van der Waals surface area contributed by atoms with Gasteiger partial charge in [0.15, 0.2) is 0 Å². The van der Waals surface area contributed by atoms with Crippen molar-refractivity contribution in [3.8, 4) is 0 Å². The number of hydrogen-bond acceptors (Lipinski definition) is 4. The highest BCUT2D eigenvalue weighted by atomic mass is 35.5. The highest BCUT2D eigenvalue weighted by molar-refractivity contribution is 6.20. The Morgan fingerprint density at radius 2 is 2.39 bits per heavy atom. The second-order valence-corrected chi connectivity index (χ2v) is 5.53. The van der Waals surface area contributed by atoms with E-state index in [1.807, 2.05) is 13.0 Å². The Labute approximate surface area is 111 Å². The van der Waals surface area contributed by atoms with Crippen LogP contribution in [0.1, 0.15) is 25.0 Å². The van der Waals surface area contributed by atoms with Gasteiger partial charge in [-0.15, -0.1) is 11.6 Å². The molecule has 1 fully saturated rings. The van der Waals surface area contributed by atoms with E-state index < -0.39 is 0 Å². The van der Waals surface area contributed by atoms with Crippen LogP contribution in [0, 0.1) is 12.8 Å². The lowest BCUT2D eigenvalue weighted by atomic mass is 10.1. The van der Waals surface area contributed by atoms with Gasteiger partial charge in [-0.05, 0) is 32.1 Å². The minimum atomic E-state index is 0.349. The molecule has 2 heterocycles. The molecule has 0 amide bonds. The molecule has 96 valence electrons. The molecule has 1 saturated carbocycles. The Bertz CT molecular complexity index is 552. The zero-order valence-corrected chi connectivity index (χ0v) is 11.1. The molecule has 0 aromatic carbocycles. The maximum atomic E-state index is 6.13. The predicted octanol–water partition coefficient (Wildman–Crippen LogP) is 2.25. The fraction of sp³-hybridized carbons (Fsp3) is 0.583. The summed E-state index contributed by atoms with van der Waals surface area (Å²) in [6.45, 7) is 2.89. The van der Waals surface area contributed by atoms with Gasteiger partial charge in [0.2, 0.25) is 0 Å². The fourth-order valence-corrected chi connectivity index (χ4v) is 2.88. The van der Waals surface area contributed by atoms with Crippen LogP contribution in [0.3, 0.4) is 0 Å². The average Bonchev–Trinajstić information content (AvgIpc) is 2.94. The number of hydrogen-bond donors (Lipinski definition) is 1. The van der Waals surface area contributed by atoms with Crippen molar-refractivity contribution >= 4 is 23.2 Å². The van der Waals surface area contributed by atoms with Gasteiger partial charge in [0.05, 0.1) is 0 Å². The summed E-state index contributed by atoms with van der Waals surface area (Å²) < 4.78 is 1.74. The van der Waals surface area contributed by atoms with Gasteiger partial charge in [0, 0.05) is 23.7 Å². The molecule has 2 aromatic rings. The van der Waals surface area contributed by atoms with Crippen molar-refractivity contribution in [2.75, 3.05) is 11.9 Å². The lowest BCUT2D eigenvalue weighted by Crippen LogP contribution is -2.14. The number of nitrogens with one attached hydrogen (secondary N) is 1.